The van der Waals surface area contributed by atoms with Crippen molar-refractivity contribution in [3.05, 3.63) is 57.6 Å². The van der Waals surface area contributed by atoms with Crippen molar-refractivity contribution >= 4 is 22.0 Å². The second-order valence-corrected chi connectivity index (χ2v) is 6.71. The number of hydrogen-bond donors (Lipinski definition) is 3. The Balaban J connectivity index is 2.84. The summed E-state index contributed by atoms with van der Waals surface area (Å²) in [6, 6.07) is 5.29. The lowest BCUT2D eigenvalue weighted by Gasteiger charge is -2.18. The summed E-state index contributed by atoms with van der Waals surface area (Å²) < 4.78 is 5.95. The molecule has 0 aliphatic heterocycles. The predicted octanol–water partition coefficient (Wildman–Crippen LogP) is 4.21. The Bertz CT molecular complexity index is 635. The van der Waals surface area contributed by atoms with Crippen LogP contribution in [-0.4, -0.2) is 41.7 Å². The molecule has 0 radical (unpaired) electrons. The van der Waals surface area contributed by atoms with Gasteiger partial charge in [-0.25, -0.2) is 0 Å². The van der Waals surface area contributed by atoms with Crippen LogP contribution in [0.2, 0.25) is 0 Å². The van der Waals surface area contributed by atoms with Gasteiger partial charge in [-0.05, 0) is 48.6 Å². The second kappa shape index (κ2) is 11.3. The molecule has 1 atom stereocenters. The van der Waals surface area contributed by atoms with Crippen molar-refractivity contribution in [3.8, 4) is 5.75 Å². The number of aliphatic hydroxyl groups is 2. The quantitative estimate of drug-likeness (QED) is 0.505. The first-order valence-corrected chi connectivity index (χ1v) is 9.06. The molecule has 0 saturated carbocycles. The zero-order chi connectivity index (χ0) is 18.8. The molecule has 1 aromatic rings. The van der Waals surface area contributed by atoms with Crippen LogP contribution >= 0.6 is 15.9 Å². The van der Waals surface area contributed by atoms with Crippen LogP contribution in [0.15, 0.2) is 52.0 Å². The Hall–Kier alpha value is -1.40. The average molecular weight is 411 g/mol. The SMILES string of the molecule is C=C(COC)/C(=C/CO)C(O)CC/C(=C/c1cc(Br)ccc1O)CC. The molecular formula is C20H27BrO4. The van der Waals surface area contributed by atoms with Gasteiger partial charge in [0.25, 0.3) is 0 Å². The van der Waals surface area contributed by atoms with Gasteiger partial charge < -0.3 is 20.1 Å². The second-order valence-electron chi connectivity index (χ2n) is 5.79. The van der Waals surface area contributed by atoms with Gasteiger partial charge in [0.05, 0.1) is 19.3 Å². The minimum atomic E-state index is -0.721. The Kier molecular flexibility index (Phi) is 9.75. The van der Waals surface area contributed by atoms with Gasteiger partial charge in [-0.15, -0.1) is 0 Å². The van der Waals surface area contributed by atoms with Gasteiger partial charge in [0.15, 0.2) is 0 Å². The maximum Gasteiger partial charge on any atom is 0.122 e. The molecule has 138 valence electrons. The summed E-state index contributed by atoms with van der Waals surface area (Å²) in [4.78, 5) is 0. The van der Waals surface area contributed by atoms with Crippen LogP contribution in [-0.2, 0) is 4.74 Å². The van der Waals surface area contributed by atoms with Crippen LogP contribution in [0.1, 0.15) is 31.7 Å². The van der Waals surface area contributed by atoms with Gasteiger partial charge in [-0.2, -0.15) is 0 Å². The molecule has 0 saturated heterocycles. The number of methoxy groups -OCH3 is 1. The lowest BCUT2D eigenvalue weighted by Crippen LogP contribution is -2.15. The van der Waals surface area contributed by atoms with Gasteiger partial charge in [0.1, 0.15) is 5.75 Å². The smallest absolute Gasteiger partial charge is 0.122 e. The van der Waals surface area contributed by atoms with Crippen LogP contribution in [0, 0.1) is 0 Å². The third-order valence-electron chi connectivity index (χ3n) is 3.94. The normalized spacial score (nSPS) is 13.8. The number of ether oxygens (including phenoxy) is 1. The fraction of sp³-hybridized carbons (Fsp3) is 0.400. The van der Waals surface area contributed by atoms with E-state index in [0.717, 1.165) is 22.0 Å². The molecule has 3 N–H and O–H groups in total. The number of rotatable bonds is 10. The first-order chi connectivity index (χ1) is 11.9. The highest BCUT2D eigenvalue weighted by Crippen LogP contribution is 2.27. The summed E-state index contributed by atoms with van der Waals surface area (Å²) in [7, 11) is 1.57. The molecule has 1 rings (SSSR count). The fourth-order valence-corrected chi connectivity index (χ4v) is 2.94. The molecule has 25 heavy (non-hydrogen) atoms. The lowest BCUT2D eigenvalue weighted by molar-refractivity contribution is 0.189. The first kappa shape index (κ1) is 21.6. The van der Waals surface area contributed by atoms with Crippen molar-refractivity contribution in [1.29, 1.82) is 0 Å². The maximum absolute atomic E-state index is 10.5. The molecule has 0 bridgehead atoms. The van der Waals surface area contributed by atoms with E-state index in [-0.39, 0.29) is 12.4 Å². The monoisotopic (exact) mass is 410 g/mol. The molecule has 0 amide bonds. The standard InChI is InChI=1S/C20H27BrO4/c1-4-15(11-16-12-17(21)6-8-19(16)23)5-7-20(24)18(9-10-22)14(2)13-25-3/h6,8-9,11-12,20,22-24H,2,4-5,7,10,13H2,1,3H3/b15-11+,18-9-. The number of hydrogen-bond acceptors (Lipinski definition) is 4. The summed E-state index contributed by atoms with van der Waals surface area (Å²) >= 11 is 3.40. The molecule has 0 heterocycles. The van der Waals surface area contributed by atoms with Gasteiger partial charge in [-0.1, -0.05) is 47.2 Å². The number of halogens is 1. The minimum Gasteiger partial charge on any atom is -0.507 e. The lowest BCUT2D eigenvalue weighted by atomic mass is 9.95. The van der Waals surface area contributed by atoms with E-state index < -0.39 is 6.10 Å². The van der Waals surface area contributed by atoms with Crippen LogP contribution < -0.4 is 0 Å². The summed E-state index contributed by atoms with van der Waals surface area (Å²) in [6.07, 6.45) is 4.79. The van der Waals surface area contributed by atoms with Crippen molar-refractivity contribution < 1.29 is 20.1 Å². The predicted molar refractivity (Wildman–Crippen MR) is 106 cm³/mol. The molecule has 0 aromatic heterocycles. The van der Waals surface area contributed by atoms with Gasteiger partial charge >= 0.3 is 0 Å². The van der Waals surface area contributed by atoms with Crippen LogP contribution in [0.5, 0.6) is 5.75 Å². The Morgan fingerprint density at radius 2 is 2.12 bits per heavy atom. The first-order valence-electron chi connectivity index (χ1n) is 8.26. The minimum absolute atomic E-state index is 0.155. The van der Waals surface area contributed by atoms with Crippen molar-refractivity contribution in [2.75, 3.05) is 20.3 Å². The summed E-state index contributed by atoms with van der Waals surface area (Å²) in [6.45, 7) is 6.10. The van der Waals surface area contributed by atoms with E-state index in [0.29, 0.717) is 30.6 Å². The zero-order valence-electron chi connectivity index (χ0n) is 14.8. The van der Waals surface area contributed by atoms with E-state index in [1.54, 1.807) is 25.3 Å². The largest absolute Gasteiger partial charge is 0.507 e. The molecular weight excluding hydrogens is 384 g/mol. The van der Waals surface area contributed by atoms with Crippen molar-refractivity contribution in [3.63, 3.8) is 0 Å². The number of phenols is 1. The Morgan fingerprint density at radius 1 is 1.40 bits per heavy atom. The Labute approximate surface area is 158 Å². The molecule has 4 nitrogen and oxygen atoms in total. The molecule has 0 spiro atoms. The number of aromatic hydroxyl groups is 1. The van der Waals surface area contributed by atoms with E-state index in [4.69, 9.17) is 9.84 Å². The van der Waals surface area contributed by atoms with Crippen molar-refractivity contribution in [2.45, 2.75) is 32.3 Å². The van der Waals surface area contributed by atoms with Crippen LogP contribution in [0.3, 0.4) is 0 Å². The summed E-state index contributed by atoms with van der Waals surface area (Å²) in [5, 5.41) is 29.6. The average Bonchev–Trinajstić information content (AvgIpc) is 2.59. The summed E-state index contributed by atoms with van der Waals surface area (Å²) in [5.41, 5.74) is 3.14. The van der Waals surface area contributed by atoms with Crippen molar-refractivity contribution in [2.24, 2.45) is 0 Å². The van der Waals surface area contributed by atoms with Gasteiger partial charge in [0, 0.05) is 17.1 Å². The molecule has 0 aliphatic rings. The van der Waals surface area contributed by atoms with Gasteiger partial charge in [-0.3, -0.25) is 0 Å². The maximum atomic E-state index is 10.5. The third-order valence-corrected chi connectivity index (χ3v) is 4.43. The summed E-state index contributed by atoms with van der Waals surface area (Å²) in [5.74, 6) is 0.226. The highest BCUT2D eigenvalue weighted by atomic mass is 79.9. The van der Waals surface area contributed by atoms with Crippen molar-refractivity contribution in [1.82, 2.24) is 0 Å². The molecule has 1 unspecified atom stereocenters. The third kappa shape index (κ3) is 7.16. The van der Waals surface area contributed by atoms with E-state index in [1.165, 1.54) is 0 Å². The molecule has 1 aromatic carbocycles. The number of phenolic OH excluding ortho intramolecular Hbond substituents is 1. The highest BCUT2D eigenvalue weighted by molar-refractivity contribution is 9.10. The highest BCUT2D eigenvalue weighted by Gasteiger charge is 2.14. The fourth-order valence-electron chi connectivity index (χ4n) is 2.56. The van der Waals surface area contributed by atoms with Crippen LogP contribution in [0.4, 0.5) is 0 Å². The van der Waals surface area contributed by atoms with E-state index in [2.05, 4.69) is 22.5 Å². The van der Waals surface area contributed by atoms with E-state index >= 15 is 0 Å². The zero-order valence-corrected chi connectivity index (χ0v) is 16.4. The number of allylic oxidation sites excluding steroid dienone is 1. The number of aliphatic hydroxyl groups excluding tert-OH is 2. The molecule has 0 fully saturated rings. The van der Waals surface area contributed by atoms with Crippen LogP contribution in [0.25, 0.3) is 6.08 Å². The molecule has 5 heteroatoms. The van der Waals surface area contributed by atoms with Gasteiger partial charge in [0.2, 0.25) is 0 Å². The van der Waals surface area contributed by atoms with E-state index in [9.17, 15) is 10.2 Å². The van der Waals surface area contributed by atoms with E-state index in [1.807, 2.05) is 19.1 Å². The molecule has 0 aliphatic carbocycles. The Morgan fingerprint density at radius 3 is 2.72 bits per heavy atom. The topological polar surface area (TPSA) is 69.9 Å². The number of benzene rings is 1.